The van der Waals surface area contributed by atoms with E-state index in [1.807, 2.05) is 13.8 Å². The van der Waals surface area contributed by atoms with Gasteiger partial charge in [0.1, 0.15) is 5.78 Å². The van der Waals surface area contributed by atoms with Crippen LogP contribution in [0.4, 0.5) is 0 Å². The highest BCUT2D eigenvalue weighted by Crippen LogP contribution is 2.28. The van der Waals surface area contributed by atoms with Gasteiger partial charge in [0.05, 0.1) is 6.54 Å². The van der Waals surface area contributed by atoms with Crippen LogP contribution in [0.15, 0.2) is 24.6 Å². The van der Waals surface area contributed by atoms with Crippen molar-refractivity contribution in [2.24, 2.45) is 11.7 Å². The fourth-order valence-electron chi connectivity index (χ4n) is 2.50. The van der Waals surface area contributed by atoms with E-state index >= 15 is 0 Å². The number of ketones is 1. The lowest BCUT2D eigenvalue weighted by Crippen LogP contribution is -2.34. The summed E-state index contributed by atoms with van der Waals surface area (Å²) in [6.07, 6.45) is 12.4. The minimum absolute atomic E-state index is 0.197. The van der Waals surface area contributed by atoms with Crippen molar-refractivity contribution in [3.05, 3.63) is 24.6 Å². The number of hydrogen-bond donors (Lipinski definition) is 1. The van der Waals surface area contributed by atoms with Gasteiger partial charge in [-0.25, -0.2) is 0 Å². The maximum Gasteiger partial charge on any atom is 0.149 e. The number of hydrogen-bond acceptors (Lipinski definition) is 3. The molecule has 3 heteroatoms. The summed E-state index contributed by atoms with van der Waals surface area (Å²) in [5, 5.41) is 0. The van der Waals surface area contributed by atoms with Crippen molar-refractivity contribution in [3.63, 3.8) is 0 Å². The number of allylic oxidation sites excluding steroid dienone is 2. The van der Waals surface area contributed by atoms with Gasteiger partial charge >= 0.3 is 0 Å². The molecule has 0 spiro atoms. The van der Waals surface area contributed by atoms with Crippen molar-refractivity contribution < 1.29 is 4.79 Å². The smallest absolute Gasteiger partial charge is 0.149 e. The molecule has 0 aliphatic heterocycles. The van der Waals surface area contributed by atoms with Crippen molar-refractivity contribution in [1.82, 2.24) is 4.90 Å². The van der Waals surface area contributed by atoms with Crippen LogP contribution in [0.3, 0.4) is 0 Å². The molecule has 1 saturated carbocycles. The molecule has 0 heterocycles. The van der Waals surface area contributed by atoms with Crippen LogP contribution in [0.5, 0.6) is 0 Å². The Hall–Kier alpha value is -1.09. The third-order valence-electron chi connectivity index (χ3n) is 3.42. The molecular formula is C14H24N2O. The van der Waals surface area contributed by atoms with E-state index in [4.69, 9.17) is 5.73 Å². The van der Waals surface area contributed by atoms with E-state index in [0.29, 0.717) is 6.04 Å². The predicted octanol–water partition coefficient (Wildman–Crippen LogP) is 2.44. The van der Waals surface area contributed by atoms with Gasteiger partial charge in [0, 0.05) is 12.0 Å². The van der Waals surface area contributed by atoms with Crippen LogP contribution in [0.2, 0.25) is 0 Å². The van der Waals surface area contributed by atoms with Crippen LogP contribution in [0.1, 0.15) is 39.5 Å². The molecule has 2 N–H and O–H groups in total. The van der Waals surface area contributed by atoms with Crippen LogP contribution in [-0.4, -0.2) is 23.3 Å². The highest BCUT2D eigenvalue weighted by Gasteiger charge is 2.26. The molecule has 0 aromatic rings. The SMILES string of the molecule is C/C=C\N(/C=C\C)C1CCC(C(=O)CN)CC1. The third kappa shape index (κ3) is 4.00. The monoisotopic (exact) mass is 236 g/mol. The molecule has 1 fully saturated rings. The van der Waals surface area contributed by atoms with E-state index in [0.717, 1.165) is 25.7 Å². The second-order valence-corrected chi connectivity index (χ2v) is 4.59. The fourth-order valence-corrected chi connectivity index (χ4v) is 2.50. The van der Waals surface area contributed by atoms with Gasteiger partial charge in [-0.3, -0.25) is 4.79 Å². The van der Waals surface area contributed by atoms with Crippen LogP contribution in [-0.2, 0) is 4.79 Å². The zero-order valence-electron chi connectivity index (χ0n) is 10.9. The Morgan fingerprint density at radius 3 is 2.12 bits per heavy atom. The number of nitrogens with two attached hydrogens (primary N) is 1. The summed E-state index contributed by atoms with van der Waals surface area (Å²) in [4.78, 5) is 13.8. The Morgan fingerprint density at radius 1 is 1.18 bits per heavy atom. The summed E-state index contributed by atoms with van der Waals surface area (Å²) in [6.45, 7) is 4.25. The van der Waals surface area contributed by atoms with Gasteiger partial charge in [0.2, 0.25) is 0 Å². The minimum Gasteiger partial charge on any atom is -0.352 e. The molecule has 96 valence electrons. The standard InChI is InChI=1S/C14H24N2O/c1-3-9-16(10-4-2)13-7-5-12(6-8-13)14(17)11-15/h3-4,9-10,12-13H,5-8,11,15H2,1-2H3/b9-3-,10-4-. The van der Waals surface area contributed by atoms with Crippen molar-refractivity contribution >= 4 is 5.78 Å². The van der Waals surface area contributed by atoms with Crippen molar-refractivity contribution in [2.45, 2.75) is 45.6 Å². The molecule has 0 unspecified atom stereocenters. The average Bonchev–Trinajstić information content (AvgIpc) is 2.38. The van der Waals surface area contributed by atoms with E-state index in [1.54, 1.807) is 0 Å². The Morgan fingerprint density at radius 2 is 1.71 bits per heavy atom. The number of carbonyl (C=O) groups is 1. The zero-order valence-corrected chi connectivity index (χ0v) is 10.9. The molecule has 17 heavy (non-hydrogen) atoms. The second kappa shape index (κ2) is 7.28. The molecule has 3 nitrogen and oxygen atoms in total. The maximum absolute atomic E-state index is 11.5. The van der Waals surface area contributed by atoms with Crippen molar-refractivity contribution in [1.29, 1.82) is 0 Å². The van der Waals surface area contributed by atoms with Crippen LogP contribution in [0, 0.1) is 5.92 Å². The van der Waals surface area contributed by atoms with E-state index in [-0.39, 0.29) is 18.2 Å². The number of carbonyl (C=O) groups excluding carboxylic acids is 1. The highest BCUT2D eigenvalue weighted by molar-refractivity contribution is 5.82. The summed E-state index contributed by atoms with van der Waals surface area (Å²) in [5.74, 6) is 0.432. The van der Waals surface area contributed by atoms with Crippen molar-refractivity contribution in [3.8, 4) is 0 Å². The van der Waals surface area contributed by atoms with Crippen LogP contribution in [0.25, 0.3) is 0 Å². The molecular weight excluding hydrogens is 212 g/mol. The van der Waals surface area contributed by atoms with Gasteiger partial charge in [0.25, 0.3) is 0 Å². The summed E-state index contributed by atoms with van der Waals surface area (Å²) in [7, 11) is 0. The van der Waals surface area contributed by atoms with Crippen molar-refractivity contribution in [2.75, 3.05) is 6.54 Å². The summed E-state index contributed by atoms with van der Waals surface area (Å²) >= 11 is 0. The second-order valence-electron chi connectivity index (χ2n) is 4.59. The highest BCUT2D eigenvalue weighted by atomic mass is 16.1. The Bertz CT molecular complexity index is 277. The van der Waals surface area contributed by atoms with E-state index < -0.39 is 0 Å². The first-order chi connectivity index (χ1) is 8.22. The maximum atomic E-state index is 11.5. The van der Waals surface area contributed by atoms with Crippen LogP contribution >= 0.6 is 0 Å². The number of nitrogens with zero attached hydrogens (tertiary/aromatic N) is 1. The molecule has 1 aliphatic rings. The molecule has 0 atom stereocenters. The van der Waals surface area contributed by atoms with Gasteiger partial charge in [-0.2, -0.15) is 0 Å². The minimum atomic E-state index is 0.197. The normalized spacial score (nSPS) is 25.6. The van der Waals surface area contributed by atoms with Gasteiger partial charge in [0.15, 0.2) is 0 Å². The Balaban J connectivity index is 2.52. The summed E-state index contributed by atoms with van der Waals surface area (Å²) < 4.78 is 0. The number of Topliss-reactive ketones (excluding diaryl/α,β-unsaturated/α-hetero) is 1. The van der Waals surface area contributed by atoms with E-state index in [1.165, 1.54) is 0 Å². The molecule has 0 saturated heterocycles. The Labute approximate surface area is 104 Å². The quantitative estimate of drug-likeness (QED) is 0.797. The molecule has 0 radical (unpaired) electrons. The van der Waals surface area contributed by atoms with Gasteiger partial charge in [-0.1, -0.05) is 12.2 Å². The first-order valence-corrected chi connectivity index (χ1v) is 6.48. The molecule has 0 bridgehead atoms. The molecule has 0 aromatic carbocycles. The van der Waals surface area contributed by atoms with Gasteiger partial charge in [-0.05, 0) is 51.9 Å². The van der Waals surface area contributed by atoms with Gasteiger partial charge < -0.3 is 10.6 Å². The molecule has 0 amide bonds. The fraction of sp³-hybridized carbons (Fsp3) is 0.643. The lowest BCUT2D eigenvalue weighted by molar-refractivity contribution is -0.122. The van der Waals surface area contributed by atoms with Gasteiger partial charge in [-0.15, -0.1) is 0 Å². The topological polar surface area (TPSA) is 46.3 Å². The average molecular weight is 236 g/mol. The summed E-state index contributed by atoms with van der Waals surface area (Å²) in [5.41, 5.74) is 5.41. The molecule has 1 aliphatic carbocycles. The first-order valence-electron chi connectivity index (χ1n) is 6.48. The lowest BCUT2D eigenvalue weighted by atomic mass is 9.83. The van der Waals surface area contributed by atoms with Crippen LogP contribution < -0.4 is 5.73 Å². The molecule has 0 aromatic heterocycles. The lowest BCUT2D eigenvalue weighted by Gasteiger charge is -2.33. The number of rotatable bonds is 5. The predicted molar refractivity (Wildman–Crippen MR) is 71.3 cm³/mol. The molecule has 1 rings (SSSR count). The third-order valence-corrected chi connectivity index (χ3v) is 3.42. The van der Waals surface area contributed by atoms with E-state index in [9.17, 15) is 4.79 Å². The Kier molecular flexibility index (Phi) is 5.98. The largest absolute Gasteiger partial charge is 0.352 e. The van der Waals surface area contributed by atoms with E-state index in [2.05, 4.69) is 29.5 Å². The zero-order chi connectivity index (χ0) is 12.7. The first kappa shape index (κ1) is 14.0. The summed E-state index contributed by atoms with van der Waals surface area (Å²) in [6, 6.07) is 0.532.